The minimum atomic E-state index is -1.44. The van der Waals surface area contributed by atoms with Crippen LogP contribution in [-0.4, -0.2) is 68.4 Å². The zero-order valence-corrected chi connectivity index (χ0v) is 18.1. The normalized spacial score (nSPS) is 19.3. The topological polar surface area (TPSA) is 174 Å². The van der Waals surface area contributed by atoms with E-state index in [9.17, 15) is 24.3 Å². The first-order chi connectivity index (χ1) is 14.7. The fraction of sp³-hybridized carbons (Fsp3) is 0.412. The SMILES string of the molecule is CCON=C(C(=O)NC(OC(C)=O)C1=C(C(=O)O)N2C(=O)C[C@H]2SC1)c1csc(N)n1. The summed E-state index contributed by atoms with van der Waals surface area (Å²) in [5.41, 5.74) is 5.29. The van der Waals surface area contributed by atoms with E-state index in [0.717, 1.165) is 23.2 Å². The number of amides is 2. The van der Waals surface area contributed by atoms with E-state index in [1.807, 2.05) is 0 Å². The fourth-order valence-electron chi connectivity index (χ4n) is 2.91. The number of carboxylic acid groups (broad SMARTS) is 1. The van der Waals surface area contributed by atoms with Gasteiger partial charge >= 0.3 is 11.9 Å². The molecule has 12 nitrogen and oxygen atoms in total. The van der Waals surface area contributed by atoms with Crippen LogP contribution in [0, 0.1) is 0 Å². The number of ether oxygens (including phenoxy) is 1. The molecule has 166 valence electrons. The van der Waals surface area contributed by atoms with Gasteiger partial charge in [0, 0.05) is 23.6 Å². The van der Waals surface area contributed by atoms with Crippen molar-refractivity contribution in [2.45, 2.75) is 31.9 Å². The summed E-state index contributed by atoms with van der Waals surface area (Å²) >= 11 is 2.39. The molecule has 0 saturated carbocycles. The average Bonchev–Trinajstić information content (AvgIpc) is 3.11. The maximum Gasteiger partial charge on any atom is 0.352 e. The highest BCUT2D eigenvalue weighted by atomic mass is 32.2. The Bertz CT molecular complexity index is 989. The van der Waals surface area contributed by atoms with Gasteiger partial charge in [-0.3, -0.25) is 19.3 Å². The molecule has 4 N–H and O–H groups in total. The van der Waals surface area contributed by atoms with Gasteiger partial charge in [0.1, 0.15) is 18.0 Å². The molecule has 2 aliphatic heterocycles. The summed E-state index contributed by atoms with van der Waals surface area (Å²) in [5, 5.41) is 17.3. The second-order valence-electron chi connectivity index (χ2n) is 6.30. The molecule has 1 aromatic heterocycles. The molecule has 0 bridgehead atoms. The van der Waals surface area contributed by atoms with Gasteiger partial charge in [-0.1, -0.05) is 5.16 Å². The average molecular weight is 470 g/mol. The van der Waals surface area contributed by atoms with Gasteiger partial charge in [0.25, 0.3) is 5.91 Å². The van der Waals surface area contributed by atoms with Gasteiger partial charge in [0.05, 0.1) is 11.8 Å². The van der Waals surface area contributed by atoms with Crippen molar-refractivity contribution < 1.29 is 33.9 Å². The number of nitrogens with zero attached hydrogens (tertiary/aromatic N) is 3. The first kappa shape index (κ1) is 22.6. The summed E-state index contributed by atoms with van der Waals surface area (Å²) < 4.78 is 5.20. The third-order valence-corrected chi connectivity index (χ3v) is 6.13. The molecular weight excluding hydrogens is 450 g/mol. The zero-order chi connectivity index (χ0) is 22.7. The van der Waals surface area contributed by atoms with Crippen LogP contribution in [0.2, 0.25) is 0 Å². The molecule has 0 aromatic carbocycles. The number of aliphatic carboxylic acids is 1. The van der Waals surface area contributed by atoms with Gasteiger partial charge in [0.15, 0.2) is 10.8 Å². The number of thioether (sulfide) groups is 1. The van der Waals surface area contributed by atoms with Gasteiger partial charge in [-0.2, -0.15) is 0 Å². The fourth-order valence-corrected chi connectivity index (χ4v) is 4.75. The summed E-state index contributed by atoms with van der Waals surface area (Å²) in [7, 11) is 0. The predicted molar refractivity (Wildman–Crippen MR) is 111 cm³/mol. The van der Waals surface area contributed by atoms with E-state index in [1.165, 1.54) is 17.1 Å². The molecule has 1 unspecified atom stereocenters. The van der Waals surface area contributed by atoms with Crippen LogP contribution in [0.1, 0.15) is 26.0 Å². The Balaban J connectivity index is 1.95. The summed E-state index contributed by atoms with van der Waals surface area (Å²) in [6, 6.07) is 0. The number of fused-ring (bicyclic) bond motifs is 1. The van der Waals surface area contributed by atoms with Crippen molar-refractivity contribution in [1.82, 2.24) is 15.2 Å². The highest BCUT2D eigenvalue weighted by molar-refractivity contribution is 8.00. The number of carboxylic acids is 1. The molecule has 31 heavy (non-hydrogen) atoms. The van der Waals surface area contributed by atoms with E-state index in [2.05, 4.69) is 15.5 Å². The second-order valence-corrected chi connectivity index (χ2v) is 8.36. The number of hydrogen-bond donors (Lipinski definition) is 3. The van der Waals surface area contributed by atoms with E-state index in [4.69, 9.17) is 15.3 Å². The number of esters is 1. The largest absolute Gasteiger partial charge is 0.477 e. The Morgan fingerprint density at radius 2 is 2.23 bits per heavy atom. The van der Waals surface area contributed by atoms with Crippen molar-refractivity contribution in [1.29, 1.82) is 0 Å². The molecule has 2 amide bonds. The van der Waals surface area contributed by atoms with Crippen LogP contribution in [0.4, 0.5) is 5.13 Å². The van der Waals surface area contributed by atoms with Crippen LogP contribution in [-0.2, 0) is 28.8 Å². The number of β-lactam (4-membered cyclic amide) rings is 1. The van der Waals surface area contributed by atoms with Gasteiger partial charge in [0.2, 0.25) is 12.1 Å². The second kappa shape index (κ2) is 9.34. The molecule has 1 fully saturated rings. The van der Waals surface area contributed by atoms with E-state index in [1.54, 1.807) is 6.92 Å². The van der Waals surface area contributed by atoms with Crippen molar-refractivity contribution in [2.75, 3.05) is 18.1 Å². The highest BCUT2D eigenvalue weighted by Gasteiger charge is 2.47. The lowest BCUT2D eigenvalue weighted by Crippen LogP contribution is -2.56. The van der Waals surface area contributed by atoms with Crippen molar-refractivity contribution in [3.63, 3.8) is 0 Å². The summed E-state index contributed by atoms with van der Waals surface area (Å²) in [4.78, 5) is 58.6. The quantitative estimate of drug-likeness (QED) is 0.156. The molecule has 14 heteroatoms. The molecule has 0 spiro atoms. The van der Waals surface area contributed by atoms with Gasteiger partial charge in [-0.15, -0.1) is 23.1 Å². The third kappa shape index (κ3) is 4.80. The Hall–Kier alpha value is -3.13. The number of nitrogen functional groups attached to an aromatic ring is 1. The van der Waals surface area contributed by atoms with Crippen LogP contribution in [0.25, 0.3) is 0 Å². The van der Waals surface area contributed by atoms with Crippen molar-refractivity contribution >= 4 is 57.7 Å². The Kier molecular flexibility index (Phi) is 6.80. The number of nitrogens with two attached hydrogens (primary N) is 1. The molecule has 1 aromatic rings. The smallest absolute Gasteiger partial charge is 0.352 e. The molecule has 0 aliphatic carbocycles. The number of aromatic nitrogens is 1. The third-order valence-electron chi connectivity index (χ3n) is 4.21. The van der Waals surface area contributed by atoms with Crippen molar-refractivity contribution in [3.05, 3.63) is 22.3 Å². The molecule has 2 atom stereocenters. The Labute approximate surface area is 184 Å². The maximum atomic E-state index is 12.9. The van der Waals surface area contributed by atoms with E-state index in [-0.39, 0.29) is 57.9 Å². The molecular formula is C17H19N5O7S2. The summed E-state index contributed by atoms with van der Waals surface area (Å²) in [5.74, 6) is -3.18. The van der Waals surface area contributed by atoms with Crippen LogP contribution in [0.3, 0.4) is 0 Å². The number of carbonyl (C=O) groups is 4. The molecule has 3 rings (SSSR count). The van der Waals surface area contributed by atoms with Crippen LogP contribution in [0.5, 0.6) is 0 Å². The van der Waals surface area contributed by atoms with E-state index < -0.39 is 24.1 Å². The molecule has 2 aliphatic rings. The monoisotopic (exact) mass is 469 g/mol. The van der Waals surface area contributed by atoms with Crippen LogP contribution < -0.4 is 11.1 Å². The molecule has 3 heterocycles. The first-order valence-corrected chi connectivity index (χ1v) is 10.9. The number of nitrogens with one attached hydrogen (secondary N) is 1. The number of rotatable bonds is 8. The standard InChI is InChI=1S/C17H19N5O7S2/c1-3-28-21-12(9-6-31-17(18)19-9)14(25)20-15(29-7(2)23)8-5-30-11-4-10(24)22(11)13(8)16(26)27/h6,11,15H,3-5H2,1-2H3,(H2,18,19)(H,20,25)(H,26,27)/t11-,15?/m1/s1. The van der Waals surface area contributed by atoms with Crippen LogP contribution in [0.15, 0.2) is 21.8 Å². The Morgan fingerprint density at radius 1 is 1.48 bits per heavy atom. The highest BCUT2D eigenvalue weighted by Crippen LogP contribution is 2.40. The van der Waals surface area contributed by atoms with E-state index in [0.29, 0.717) is 0 Å². The minimum Gasteiger partial charge on any atom is -0.477 e. The van der Waals surface area contributed by atoms with Gasteiger partial charge < -0.3 is 25.7 Å². The molecule has 1 saturated heterocycles. The lowest BCUT2D eigenvalue weighted by atomic mass is 10.1. The summed E-state index contributed by atoms with van der Waals surface area (Å²) in [6.07, 6.45) is -1.23. The zero-order valence-electron chi connectivity index (χ0n) is 16.5. The maximum absolute atomic E-state index is 12.9. The Morgan fingerprint density at radius 3 is 2.77 bits per heavy atom. The number of oxime groups is 1. The van der Waals surface area contributed by atoms with Crippen molar-refractivity contribution in [2.24, 2.45) is 5.16 Å². The van der Waals surface area contributed by atoms with E-state index >= 15 is 0 Å². The number of thiazole rings is 1. The molecule has 0 radical (unpaired) electrons. The number of anilines is 1. The van der Waals surface area contributed by atoms with Gasteiger partial charge in [-0.05, 0) is 6.92 Å². The minimum absolute atomic E-state index is 0.0684. The lowest BCUT2D eigenvalue weighted by Gasteiger charge is -2.44. The first-order valence-electron chi connectivity index (χ1n) is 9.02. The lowest BCUT2D eigenvalue weighted by molar-refractivity contribution is -0.149. The number of carbonyl (C=O) groups excluding carboxylic acids is 3. The summed E-state index contributed by atoms with van der Waals surface area (Å²) in [6.45, 7) is 2.96. The predicted octanol–water partition coefficient (Wildman–Crippen LogP) is 0.115. The van der Waals surface area contributed by atoms with Crippen LogP contribution >= 0.6 is 23.1 Å². The van der Waals surface area contributed by atoms with Crippen molar-refractivity contribution in [3.8, 4) is 0 Å². The number of hydrogen-bond acceptors (Lipinski definition) is 11. The van der Waals surface area contributed by atoms with Gasteiger partial charge in [-0.25, -0.2) is 9.78 Å².